The number of hydrogen-bond acceptors (Lipinski definition) is 8. The predicted octanol–water partition coefficient (Wildman–Crippen LogP) is 4.45. The monoisotopic (exact) mass is 565 g/mol. The molecule has 3 atom stereocenters. The molecular formula is C31H39N3O7. The summed E-state index contributed by atoms with van der Waals surface area (Å²) >= 11 is 0. The lowest BCUT2D eigenvalue weighted by Crippen LogP contribution is -2.46. The standard InChI is InChI=1S/C31H39N3O7/c1-4-21(14-16-32)39-17-15-31(3,5-2)33-29(37)20-10-11-24-22-8-6-7-9-23(22)26(25(24)18-20)19-40-30(38)41-34-27(35)12-13-28(34)36/h6-11,18,21,26H,4-5,12-17,19,32H2,1-3H3,(H,33,37). The third kappa shape index (κ3) is 6.94. The van der Waals surface area contributed by atoms with E-state index in [9.17, 15) is 19.2 Å². The lowest BCUT2D eigenvalue weighted by atomic mass is 9.93. The molecule has 0 saturated carbocycles. The normalized spacial score (nSPS) is 18.0. The van der Waals surface area contributed by atoms with Crippen LogP contribution in [0.4, 0.5) is 4.79 Å². The van der Waals surface area contributed by atoms with Crippen LogP contribution in [0, 0.1) is 0 Å². The Morgan fingerprint density at radius 3 is 2.46 bits per heavy atom. The Bertz CT molecular complexity index is 1280. The largest absolute Gasteiger partial charge is 0.533 e. The van der Waals surface area contributed by atoms with Gasteiger partial charge in [0, 0.05) is 36.5 Å². The zero-order valence-electron chi connectivity index (χ0n) is 23.9. The van der Waals surface area contributed by atoms with E-state index < -0.39 is 23.5 Å². The van der Waals surface area contributed by atoms with Gasteiger partial charge in [0.25, 0.3) is 17.7 Å². The number of carbonyl (C=O) groups is 4. The van der Waals surface area contributed by atoms with Crippen LogP contribution in [-0.4, -0.2) is 60.3 Å². The molecule has 41 heavy (non-hydrogen) atoms. The van der Waals surface area contributed by atoms with Crippen LogP contribution < -0.4 is 11.1 Å². The predicted molar refractivity (Wildman–Crippen MR) is 152 cm³/mol. The van der Waals surface area contributed by atoms with Gasteiger partial charge in [-0.05, 0) is 73.5 Å². The highest BCUT2D eigenvalue weighted by Crippen LogP contribution is 2.45. The van der Waals surface area contributed by atoms with Gasteiger partial charge in [0.2, 0.25) is 0 Å². The summed E-state index contributed by atoms with van der Waals surface area (Å²) in [6, 6.07) is 13.3. The molecule has 2 aliphatic rings. The Balaban J connectivity index is 1.46. The van der Waals surface area contributed by atoms with Gasteiger partial charge >= 0.3 is 6.16 Å². The van der Waals surface area contributed by atoms with E-state index in [1.54, 1.807) is 6.07 Å². The number of benzene rings is 2. The lowest BCUT2D eigenvalue weighted by molar-refractivity contribution is -0.177. The van der Waals surface area contributed by atoms with Crippen molar-refractivity contribution in [3.63, 3.8) is 0 Å². The highest BCUT2D eigenvalue weighted by atomic mass is 16.8. The molecule has 1 fully saturated rings. The number of ether oxygens (including phenoxy) is 2. The third-order valence-electron chi connectivity index (χ3n) is 8.00. The van der Waals surface area contributed by atoms with Gasteiger partial charge in [-0.1, -0.05) is 49.2 Å². The molecule has 3 unspecified atom stereocenters. The minimum atomic E-state index is -1.13. The summed E-state index contributed by atoms with van der Waals surface area (Å²) in [5, 5.41) is 3.65. The lowest BCUT2D eigenvalue weighted by Gasteiger charge is -2.30. The van der Waals surface area contributed by atoms with Crippen molar-refractivity contribution < 1.29 is 33.5 Å². The van der Waals surface area contributed by atoms with Crippen molar-refractivity contribution in [3.05, 3.63) is 59.2 Å². The number of nitrogens with zero attached hydrogens (tertiary/aromatic N) is 1. The van der Waals surface area contributed by atoms with Gasteiger partial charge in [-0.25, -0.2) is 4.79 Å². The van der Waals surface area contributed by atoms with Gasteiger partial charge in [0.1, 0.15) is 6.61 Å². The van der Waals surface area contributed by atoms with E-state index >= 15 is 0 Å². The topological polar surface area (TPSA) is 137 Å². The highest BCUT2D eigenvalue weighted by molar-refractivity contribution is 6.01. The number of amides is 3. The first-order chi connectivity index (χ1) is 19.7. The Morgan fingerprint density at radius 1 is 1.07 bits per heavy atom. The summed E-state index contributed by atoms with van der Waals surface area (Å²) in [6.07, 6.45) is 2.06. The second-order valence-corrected chi connectivity index (χ2v) is 10.8. The highest BCUT2D eigenvalue weighted by Gasteiger charge is 2.35. The van der Waals surface area contributed by atoms with Crippen molar-refractivity contribution in [2.24, 2.45) is 5.73 Å². The fraction of sp³-hybridized carbons (Fsp3) is 0.484. The number of fused-ring (bicyclic) bond motifs is 3. The number of rotatable bonds is 13. The Morgan fingerprint density at radius 2 is 1.78 bits per heavy atom. The Hall–Kier alpha value is -3.76. The third-order valence-corrected chi connectivity index (χ3v) is 8.00. The number of carbonyl (C=O) groups excluding carboxylic acids is 4. The number of hydrogen-bond donors (Lipinski definition) is 2. The molecule has 1 heterocycles. The van der Waals surface area contributed by atoms with Crippen molar-refractivity contribution in [1.29, 1.82) is 0 Å². The molecule has 2 aromatic rings. The first kappa shape index (κ1) is 30.2. The van der Waals surface area contributed by atoms with E-state index in [1.165, 1.54) is 0 Å². The van der Waals surface area contributed by atoms with E-state index in [4.69, 9.17) is 20.0 Å². The molecule has 0 bridgehead atoms. The second kappa shape index (κ2) is 13.3. The van der Waals surface area contributed by atoms with E-state index in [0.717, 1.165) is 41.5 Å². The van der Waals surface area contributed by atoms with Gasteiger partial charge in [-0.2, -0.15) is 0 Å². The molecule has 220 valence electrons. The summed E-state index contributed by atoms with van der Waals surface area (Å²) in [4.78, 5) is 54.2. The summed E-state index contributed by atoms with van der Waals surface area (Å²) in [5.74, 6) is -1.71. The number of hydroxylamine groups is 2. The smallest absolute Gasteiger partial charge is 0.432 e. The molecule has 10 heteroatoms. The molecule has 1 aliphatic heterocycles. The van der Waals surface area contributed by atoms with Crippen LogP contribution in [0.25, 0.3) is 11.1 Å². The zero-order chi connectivity index (χ0) is 29.6. The molecule has 10 nitrogen and oxygen atoms in total. The number of nitrogens with one attached hydrogen (secondary N) is 1. The van der Waals surface area contributed by atoms with E-state index in [2.05, 4.69) is 12.2 Å². The summed E-state index contributed by atoms with van der Waals surface area (Å²) < 4.78 is 11.4. The maximum atomic E-state index is 13.4. The van der Waals surface area contributed by atoms with Gasteiger partial charge < -0.3 is 20.5 Å². The molecule has 0 aromatic heterocycles. The maximum absolute atomic E-state index is 13.4. The van der Waals surface area contributed by atoms with Crippen LogP contribution >= 0.6 is 0 Å². The first-order valence-electron chi connectivity index (χ1n) is 14.3. The molecule has 3 amide bonds. The molecule has 1 aliphatic carbocycles. The van der Waals surface area contributed by atoms with Crippen LogP contribution in [0.5, 0.6) is 0 Å². The van der Waals surface area contributed by atoms with Gasteiger partial charge in [0.05, 0.1) is 6.10 Å². The molecular weight excluding hydrogens is 526 g/mol. The molecule has 0 spiro atoms. The van der Waals surface area contributed by atoms with Crippen LogP contribution in [0.2, 0.25) is 0 Å². The Kier molecular flexibility index (Phi) is 9.77. The van der Waals surface area contributed by atoms with Gasteiger partial charge in [-0.15, -0.1) is 0 Å². The van der Waals surface area contributed by atoms with Crippen LogP contribution in [-0.2, 0) is 23.9 Å². The van der Waals surface area contributed by atoms with Gasteiger partial charge in [0.15, 0.2) is 0 Å². The SMILES string of the molecule is CCC(CCN)OCCC(C)(CC)NC(=O)c1ccc2c(c1)C(COC(=O)ON1C(=O)CCC1=O)c1ccccc1-2. The zero-order valence-corrected chi connectivity index (χ0v) is 23.9. The molecule has 1 saturated heterocycles. The van der Waals surface area contributed by atoms with Crippen molar-refractivity contribution in [2.45, 2.75) is 76.9 Å². The minimum absolute atomic E-state index is 0.00201. The van der Waals surface area contributed by atoms with Crippen LogP contribution in [0.1, 0.15) is 86.7 Å². The van der Waals surface area contributed by atoms with Gasteiger partial charge in [-0.3, -0.25) is 19.2 Å². The average molecular weight is 566 g/mol. The fourth-order valence-electron chi connectivity index (χ4n) is 5.26. The first-order valence-corrected chi connectivity index (χ1v) is 14.3. The summed E-state index contributed by atoms with van der Waals surface area (Å²) in [5.41, 5.74) is 9.43. The number of nitrogens with two attached hydrogens (primary N) is 1. The van der Waals surface area contributed by atoms with E-state index in [0.29, 0.717) is 30.2 Å². The van der Waals surface area contributed by atoms with Crippen molar-refractivity contribution in [1.82, 2.24) is 10.4 Å². The fourth-order valence-corrected chi connectivity index (χ4v) is 5.26. The molecule has 0 radical (unpaired) electrons. The average Bonchev–Trinajstić information content (AvgIpc) is 3.46. The number of imide groups is 1. The van der Waals surface area contributed by atoms with E-state index in [-0.39, 0.29) is 37.4 Å². The van der Waals surface area contributed by atoms with Crippen LogP contribution in [0.3, 0.4) is 0 Å². The summed E-state index contributed by atoms with van der Waals surface area (Å²) in [6.45, 7) is 7.13. The minimum Gasteiger partial charge on any atom is -0.432 e. The van der Waals surface area contributed by atoms with Crippen molar-refractivity contribution >= 4 is 23.9 Å². The van der Waals surface area contributed by atoms with Crippen molar-refractivity contribution in [2.75, 3.05) is 19.8 Å². The molecule has 4 rings (SSSR count). The van der Waals surface area contributed by atoms with Crippen molar-refractivity contribution in [3.8, 4) is 11.1 Å². The van der Waals surface area contributed by atoms with Crippen LogP contribution in [0.15, 0.2) is 42.5 Å². The second-order valence-electron chi connectivity index (χ2n) is 10.8. The quantitative estimate of drug-likeness (QED) is 0.268. The maximum Gasteiger partial charge on any atom is 0.533 e. The summed E-state index contributed by atoms with van der Waals surface area (Å²) in [7, 11) is 0. The molecule has 2 aromatic carbocycles. The molecule has 3 N–H and O–H groups in total. The Labute approximate surface area is 240 Å². The van der Waals surface area contributed by atoms with E-state index in [1.807, 2.05) is 50.2 Å².